The molecule has 1 N–H and O–H groups in total. The molecule has 0 spiro atoms. The first-order valence-electron chi connectivity index (χ1n) is 5.35. The van der Waals surface area contributed by atoms with Gasteiger partial charge >= 0.3 is 12.1 Å². The van der Waals surface area contributed by atoms with E-state index in [0.29, 0.717) is 6.07 Å². The molecule has 112 valence electrons. The van der Waals surface area contributed by atoms with Crippen LogP contribution in [0.2, 0.25) is 0 Å². The highest BCUT2D eigenvalue weighted by molar-refractivity contribution is 7.89. The first kappa shape index (κ1) is 16.4. The molecule has 0 heterocycles. The number of hydrogen-bond acceptors (Lipinski definition) is 4. The largest absolute Gasteiger partial charge is 0.468 e. The topological polar surface area (TPSA) is 72.5 Å². The van der Waals surface area contributed by atoms with E-state index in [4.69, 9.17) is 0 Å². The number of nitrogens with one attached hydrogen (secondary N) is 1. The molecule has 0 aliphatic carbocycles. The molecule has 1 atom stereocenters. The Morgan fingerprint density at radius 3 is 2.45 bits per heavy atom. The Hall–Kier alpha value is -1.61. The number of alkyl halides is 3. The van der Waals surface area contributed by atoms with E-state index in [-0.39, 0.29) is 0 Å². The maximum Gasteiger partial charge on any atom is 0.416 e. The smallest absolute Gasteiger partial charge is 0.416 e. The molecule has 1 aromatic carbocycles. The lowest BCUT2D eigenvalue weighted by atomic mass is 10.2. The normalized spacial score (nSPS) is 13.8. The molecule has 1 rings (SSSR count). The molecule has 9 heteroatoms. The van der Waals surface area contributed by atoms with Crippen LogP contribution in [0.15, 0.2) is 29.2 Å². The average Bonchev–Trinajstić information content (AvgIpc) is 2.36. The van der Waals surface area contributed by atoms with Gasteiger partial charge in [0.2, 0.25) is 10.0 Å². The predicted molar refractivity (Wildman–Crippen MR) is 63.2 cm³/mol. The van der Waals surface area contributed by atoms with Gasteiger partial charge in [0.05, 0.1) is 17.6 Å². The molecule has 1 unspecified atom stereocenters. The zero-order chi connectivity index (χ0) is 15.6. The molecule has 5 nitrogen and oxygen atoms in total. The van der Waals surface area contributed by atoms with Gasteiger partial charge in [-0.3, -0.25) is 4.79 Å². The van der Waals surface area contributed by atoms with E-state index in [1.54, 1.807) is 0 Å². The van der Waals surface area contributed by atoms with Crippen molar-refractivity contribution in [1.82, 2.24) is 4.72 Å². The van der Waals surface area contributed by atoms with E-state index >= 15 is 0 Å². The summed E-state index contributed by atoms with van der Waals surface area (Å²) in [6.45, 7) is 1.22. The summed E-state index contributed by atoms with van der Waals surface area (Å²) in [5.74, 6) is -0.847. The number of rotatable bonds is 4. The Bertz CT molecular complexity index is 598. The van der Waals surface area contributed by atoms with Gasteiger partial charge in [-0.2, -0.15) is 17.9 Å². The molecule has 0 bridgehead atoms. The number of halogens is 3. The number of carbonyl (C=O) groups excluding carboxylic acids is 1. The maximum atomic E-state index is 12.5. The van der Waals surface area contributed by atoms with Crippen LogP contribution in [0.3, 0.4) is 0 Å². The minimum absolute atomic E-state index is 0.492. The SMILES string of the molecule is COC(=O)C(C)NS(=O)(=O)c1cccc(C(F)(F)F)c1. The summed E-state index contributed by atoms with van der Waals surface area (Å²) < 4.78 is 67.5. The Balaban J connectivity index is 3.08. The maximum absolute atomic E-state index is 12.5. The molecular weight excluding hydrogens is 299 g/mol. The minimum Gasteiger partial charge on any atom is -0.468 e. The second kappa shape index (κ2) is 5.80. The summed E-state index contributed by atoms with van der Waals surface area (Å²) >= 11 is 0. The highest BCUT2D eigenvalue weighted by atomic mass is 32.2. The molecule has 0 fully saturated rings. The van der Waals surface area contributed by atoms with Crippen LogP contribution in [0.25, 0.3) is 0 Å². The third-order valence-corrected chi connectivity index (χ3v) is 3.90. The molecule has 0 aliphatic rings. The van der Waals surface area contributed by atoms with Crippen molar-refractivity contribution in [2.75, 3.05) is 7.11 Å². The first-order valence-corrected chi connectivity index (χ1v) is 6.83. The van der Waals surface area contributed by atoms with Crippen LogP contribution in [0.1, 0.15) is 12.5 Å². The van der Waals surface area contributed by atoms with Gasteiger partial charge in [-0.15, -0.1) is 0 Å². The second-order valence-electron chi connectivity index (χ2n) is 3.89. The summed E-state index contributed by atoms with van der Waals surface area (Å²) in [7, 11) is -3.18. The van der Waals surface area contributed by atoms with E-state index in [1.165, 1.54) is 6.92 Å². The molecule has 0 radical (unpaired) electrons. The third kappa shape index (κ3) is 3.94. The van der Waals surface area contributed by atoms with E-state index in [2.05, 4.69) is 4.74 Å². The Kier molecular flexibility index (Phi) is 4.77. The Labute approximate surface area is 113 Å². The molecule has 0 amide bonds. The van der Waals surface area contributed by atoms with Crippen LogP contribution in [0.4, 0.5) is 13.2 Å². The summed E-state index contributed by atoms with van der Waals surface area (Å²) in [4.78, 5) is 10.5. The molecule has 0 aromatic heterocycles. The van der Waals surface area contributed by atoms with Gasteiger partial charge in [-0.25, -0.2) is 8.42 Å². The number of benzene rings is 1. The van der Waals surface area contributed by atoms with Crippen molar-refractivity contribution < 1.29 is 31.1 Å². The number of hydrogen-bond donors (Lipinski definition) is 1. The Morgan fingerprint density at radius 2 is 1.95 bits per heavy atom. The van der Waals surface area contributed by atoms with Crippen molar-refractivity contribution >= 4 is 16.0 Å². The van der Waals surface area contributed by atoms with Gasteiger partial charge < -0.3 is 4.74 Å². The van der Waals surface area contributed by atoms with Crippen LogP contribution >= 0.6 is 0 Å². The highest BCUT2D eigenvalue weighted by Crippen LogP contribution is 2.30. The van der Waals surface area contributed by atoms with Crippen molar-refractivity contribution in [1.29, 1.82) is 0 Å². The predicted octanol–water partition coefficient (Wildman–Crippen LogP) is 1.55. The summed E-state index contributed by atoms with van der Waals surface area (Å²) in [6, 6.07) is 2.01. The van der Waals surface area contributed by atoms with E-state index < -0.39 is 38.7 Å². The van der Waals surface area contributed by atoms with Crippen LogP contribution in [-0.4, -0.2) is 27.5 Å². The van der Waals surface area contributed by atoms with Gasteiger partial charge in [0.25, 0.3) is 0 Å². The lowest BCUT2D eigenvalue weighted by Gasteiger charge is -2.13. The molecule has 0 saturated carbocycles. The number of carbonyl (C=O) groups is 1. The first-order chi connectivity index (χ1) is 9.08. The molecule has 20 heavy (non-hydrogen) atoms. The number of sulfonamides is 1. The molecule has 1 aromatic rings. The third-order valence-electron chi connectivity index (χ3n) is 2.36. The van der Waals surface area contributed by atoms with Crippen molar-refractivity contribution in [2.45, 2.75) is 24.0 Å². The zero-order valence-corrected chi connectivity index (χ0v) is 11.4. The molecule has 0 saturated heterocycles. The number of methoxy groups -OCH3 is 1. The quantitative estimate of drug-likeness (QED) is 0.856. The number of esters is 1. The fourth-order valence-corrected chi connectivity index (χ4v) is 2.60. The van der Waals surface area contributed by atoms with Crippen molar-refractivity contribution in [3.05, 3.63) is 29.8 Å². The van der Waals surface area contributed by atoms with Crippen molar-refractivity contribution in [3.8, 4) is 0 Å². The molecular formula is C11H12F3NO4S. The van der Waals surface area contributed by atoms with Gasteiger partial charge in [0, 0.05) is 0 Å². The van der Waals surface area contributed by atoms with Crippen LogP contribution in [0, 0.1) is 0 Å². The van der Waals surface area contributed by atoms with Gasteiger partial charge in [-0.1, -0.05) is 6.07 Å². The number of ether oxygens (including phenoxy) is 1. The van der Waals surface area contributed by atoms with Crippen LogP contribution in [0.5, 0.6) is 0 Å². The summed E-state index contributed by atoms with van der Waals surface area (Å²) in [6.07, 6.45) is -4.65. The fraction of sp³-hybridized carbons (Fsp3) is 0.364. The van der Waals surface area contributed by atoms with Crippen LogP contribution in [-0.2, 0) is 25.7 Å². The van der Waals surface area contributed by atoms with E-state index in [9.17, 15) is 26.4 Å². The highest BCUT2D eigenvalue weighted by Gasteiger charge is 2.32. The van der Waals surface area contributed by atoms with Crippen molar-refractivity contribution in [2.24, 2.45) is 0 Å². The second-order valence-corrected chi connectivity index (χ2v) is 5.61. The van der Waals surface area contributed by atoms with E-state index in [1.807, 2.05) is 4.72 Å². The van der Waals surface area contributed by atoms with Crippen molar-refractivity contribution in [3.63, 3.8) is 0 Å². The lowest BCUT2D eigenvalue weighted by molar-refractivity contribution is -0.142. The fourth-order valence-electron chi connectivity index (χ4n) is 1.37. The Morgan fingerprint density at radius 1 is 1.35 bits per heavy atom. The summed E-state index contributed by atoms with van der Waals surface area (Å²) in [5, 5.41) is 0. The lowest BCUT2D eigenvalue weighted by Crippen LogP contribution is -2.39. The van der Waals surface area contributed by atoms with Gasteiger partial charge in [0.15, 0.2) is 0 Å². The van der Waals surface area contributed by atoms with Gasteiger partial charge in [-0.05, 0) is 25.1 Å². The molecule has 0 aliphatic heterocycles. The minimum atomic E-state index is -4.65. The zero-order valence-electron chi connectivity index (χ0n) is 10.6. The standard InChI is InChI=1S/C11H12F3NO4S/c1-7(10(16)19-2)15-20(17,18)9-5-3-4-8(6-9)11(12,13)14/h3-7,15H,1-2H3. The van der Waals surface area contributed by atoms with Crippen LogP contribution < -0.4 is 4.72 Å². The van der Waals surface area contributed by atoms with Gasteiger partial charge in [0.1, 0.15) is 6.04 Å². The monoisotopic (exact) mass is 311 g/mol. The summed E-state index contributed by atoms with van der Waals surface area (Å²) in [5.41, 5.74) is -1.09. The van der Waals surface area contributed by atoms with E-state index in [0.717, 1.165) is 25.3 Å². The average molecular weight is 311 g/mol.